The van der Waals surface area contributed by atoms with E-state index < -0.39 is 6.10 Å². The lowest BCUT2D eigenvalue weighted by molar-refractivity contribution is 0.179. The SMILES string of the molecule is CN=C(NCC(O)c1ccc(F)cc1)N1CCC(CN2CCCC2)C1. The molecule has 2 atom stereocenters. The van der Waals surface area contributed by atoms with Crippen LogP contribution < -0.4 is 5.32 Å². The molecule has 2 fully saturated rings. The number of hydrogen-bond donors (Lipinski definition) is 2. The first-order valence-corrected chi connectivity index (χ1v) is 9.27. The van der Waals surface area contributed by atoms with Crippen molar-refractivity contribution in [1.29, 1.82) is 0 Å². The zero-order chi connectivity index (χ0) is 17.6. The number of benzene rings is 1. The van der Waals surface area contributed by atoms with Crippen LogP contribution in [0.15, 0.2) is 29.3 Å². The third-order valence-electron chi connectivity index (χ3n) is 5.22. The minimum Gasteiger partial charge on any atom is -0.387 e. The maximum atomic E-state index is 13.0. The number of halogens is 1. The zero-order valence-corrected chi connectivity index (χ0v) is 15.0. The summed E-state index contributed by atoms with van der Waals surface area (Å²) in [7, 11) is 1.78. The van der Waals surface area contributed by atoms with Crippen molar-refractivity contribution in [2.45, 2.75) is 25.4 Å². The molecule has 25 heavy (non-hydrogen) atoms. The second-order valence-electron chi connectivity index (χ2n) is 7.10. The predicted molar refractivity (Wildman–Crippen MR) is 98.1 cm³/mol. The van der Waals surface area contributed by atoms with Crippen LogP contribution in [0, 0.1) is 11.7 Å². The summed E-state index contributed by atoms with van der Waals surface area (Å²) >= 11 is 0. The van der Waals surface area contributed by atoms with Crippen molar-refractivity contribution >= 4 is 5.96 Å². The quantitative estimate of drug-likeness (QED) is 0.630. The van der Waals surface area contributed by atoms with E-state index >= 15 is 0 Å². The largest absolute Gasteiger partial charge is 0.387 e. The van der Waals surface area contributed by atoms with Crippen LogP contribution in [-0.2, 0) is 0 Å². The molecule has 2 N–H and O–H groups in total. The summed E-state index contributed by atoms with van der Waals surface area (Å²) in [5.74, 6) is 1.24. The van der Waals surface area contributed by atoms with E-state index in [1.165, 1.54) is 51.0 Å². The molecule has 0 radical (unpaired) electrons. The van der Waals surface area contributed by atoms with Crippen molar-refractivity contribution in [3.63, 3.8) is 0 Å². The first-order chi connectivity index (χ1) is 12.2. The highest BCUT2D eigenvalue weighted by Crippen LogP contribution is 2.20. The lowest BCUT2D eigenvalue weighted by atomic mass is 10.1. The van der Waals surface area contributed by atoms with Crippen LogP contribution in [0.5, 0.6) is 0 Å². The number of hydrogen-bond acceptors (Lipinski definition) is 3. The van der Waals surface area contributed by atoms with Gasteiger partial charge >= 0.3 is 0 Å². The molecule has 2 aliphatic heterocycles. The molecule has 0 spiro atoms. The van der Waals surface area contributed by atoms with Crippen LogP contribution in [0.1, 0.15) is 30.9 Å². The number of guanidine groups is 1. The zero-order valence-electron chi connectivity index (χ0n) is 15.0. The molecule has 0 aliphatic carbocycles. The van der Waals surface area contributed by atoms with Gasteiger partial charge < -0.3 is 20.2 Å². The minimum absolute atomic E-state index is 0.291. The number of aliphatic hydroxyl groups excluding tert-OH is 1. The van der Waals surface area contributed by atoms with Gasteiger partial charge in [-0.3, -0.25) is 4.99 Å². The van der Waals surface area contributed by atoms with Gasteiger partial charge in [-0.05, 0) is 56.0 Å². The second kappa shape index (κ2) is 8.63. The Morgan fingerprint density at radius 3 is 2.68 bits per heavy atom. The Morgan fingerprint density at radius 2 is 2.00 bits per heavy atom. The molecule has 2 unspecified atom stereocenters. The third-order valence-corrected chi connectivity index (χ3v) is 5.22. The summed E-state index contributed by atoms with van der Waals surface area (Å²) in [5, 5.41) is 13.5. The molecule has 1 aromatic carbocycles. The normalized spacial score (nSPS) is 23.2. The van der Waals surface area contributed by atoms with Crippen LogP contribution in [0.25, 0.3) is 0 Å². The Morgan fingerprint density at radius 1 is 1.28 bits per heavy atom. The highest BCUT2D eigenvalue weighted by molar-refractivity contribution is 5.80. The predicted octanol–water partition coefficient (Wildman–Crippen LogP) is 1.85. The van der Waals surface area contributed by atoms with E-state index in [-0.39, 0.29) is 5.82 Å². The second-order valence-corrected chi connectivity index (χ2v) is 7.10. The fraction of sp³-hybridized carbons (Fsp3) is 0.632. The van der Waals surface area contributed by atoms with Crippen LogP contribution in [0.4, 0.5) is 4.39 Å². The smallest absolute Gasteiger partial charge is 0.193 e. The molecule has 5 nitrogen and oxygen atoms in total. The van der Waals surface area contributed by atoms with Crippen molar-refractivity contribution in [1.82, 2.24) is 15.1 Å². The molecule has 2 heterocycles. The highest BCUT2D eigenvalue weighted by atomic mass is 19.1. The summed E-state index contributed by atoms with van der Waals surface area (Å²) in [6.45, 7) is 6.06. The van der Waals surface area contributed by atoms with Crippen LogP contribution in [0.3, 0.4) is 0 Å². The number of rotatable bonds is 5. The van der Waals surface area contributed by atoms with Gasteiger partial charge in [0.15, 0.2) is 5.96 Å². The van der Waals surface area contributed by atoms with Crippen molar-refractivity contribution in [3.8, 4) is 0 Å². The molecule has 0 amide bonds. The van der Waals surface area contributed by atoms with Crippen LogP contribution in [0.2, 0.25) is 0 Å². The summed E-state index contributed by atoms with van der Waals surface area (Å²) in [5.41, 5.74) is 0.706. The van der Waals surface area contributed by atoms with Gasteiger partial charge in [-0.2, -0.15) is 0 Å². The lowest BCUT2D eigenvalue weighted by Crippen LogP contribution is -2.42. The topological polar surface area (TPSA) is 51.1 Å². The van der Waals surface area contributed by atoms with Crippen LogP contribution >= 0.6 is 0 Å². The summed E-state index contributed by atoms with van der Waals surface area (Å²) in [6.07, 6.45) is 3.18. The molecule has 138 valence electrons. The first kappa shape index (κ1) is 18.1. The molecular weight excluding hydrogens is 319 g/mol. The van der Waals surface area contributed by atoms with E-state index in [2.05, 4.69) is 20.1 Å². The summed E-state index contributed by atoms with van der Waals surface area (Å²) in [6, 6.07) is 5.98. The Hall–Kier alpha value is -1.66. The molecule has 1 aromatic rings. The monoisotopic (exact) mass is 348 g/mol. The Balaban J connectivity index is 1.46. The average molecular weight is 348 g/mol. The summed E-state index contributed by atoms with van der Waals surface area (Å²) < 4.78 is 13.0. The first-order valence-electron chi connectivity index (χ1n) is 9.27. The highest BCUT2D eigenvalue weighted by Gasteiger charge is 2.27. The number of likely N-dealkylation sites (tertiary alicyclic amines) is 2. The van der Waals surface area contributed by atoms with E-state index in [0.717, 1.165) is 19.0 Å². The van der Waals surface area contributed by atoms with Gasteiger partial charge in [-0.1, -0.05) is 12.1 Å². The molecule has 0 saturated carbocycles. The molecule has 0 aromatic heterocycles. The van der Waals surface area contributed by atoms with E-state index in [4.69, 9.17) is 0 Å². The molecule has 0 bridgehead atoms. The van der Waals surface area contributed by atoms with Crippen molar-refractivity contribution in [2.75, 3.05) is 46.3 Å². The molecule has 2 saturated heterocycles. The standard InChI is InChI=1S/C19H29FN4O/c1-21-19(22-12-18(25)16-4-6-17(20)7-5-16)24-11-8-15(14-24)13-23-9-2-3-10-23/h4-7,15,18,25H,2-3,8-14H2,1H3,(H,21,22). The third kappa shape index (κ3) is 4.92. The lowest BCUT2D eigenvalue weighted by Gasteiger charge is -2.24. The molecular formula is C19H29FN4O. The maximum Gasteiger partial charge on any atom is 0.193 e. The Kier molecular flexibility index (Phi) is 6.26. The van der Waals surface area contributed by atoms with Gasteiger partial charge in [0.1, 0.15) is 5.82 Å². The van der Waals surface area contributed by atoms with Gasteiger partial charge in [0.05, 0.1) is 6.10 Å². The van der Waals surface area contributed by atoms with Crippen molar-refractivity contribution in [3.05, 3.63) is 35.6 Å². The van der Waals surface area contributed by atoms with Gasteiger partial charge in [-0.15, -0.1) is 0 Å². The van der Waals surface area contributed by atoms with Crippen molar-refractivity contribution in [2.24, 2.45) is 10.9 Å². The van der Waals surface area contributed by atoms with Gasteiger partial charge in [-0.25, -0.2) is 4.39 Å². The van der Waals surface area contributed by atoms with Crippen molar-refractivity contribution < 1.29 is 9.50 Å². The molecule has 6 heteroatoms. The number of aliphatic imine (C=N–C) groups is 1. The minimum atomic E-state index is -0.680. The number of aliphatic hydroxyl groups is 1. The van der Waals surface area contributed by atoms with Gasteiger partial charge in [0.2, 0.25) is 0 Å². The molecule has 2 aliphatic rings. The Bertz CT molecular complexity index is 571. The maximum absolute atomic E-state index is 13.0. The number of nitrogens with zero attached hydrogens (tertiary/aromatic N) is 3. The fourth-order valence-corrected chi connectivity index (χ4v) is 3.83. The Labute approximate surface area is 149 Å². The fourth-order valence-electron chi connectivity index (χ4n) is 3.83. The van der Waals surface area contributed by atoms with Gasteiger partial charge in [0.25, 0.3) is 0 Å². The van der Waals surface area contributed by atoms with E-state index in [0.29, 0.717) is 18.0 Å². The number of nitrogens with one attached hydrogen (secondary N) is 1. The average Bonchev–Trinajstić information content (AvgIpc) is 3.29. The van der Waals surface area contributed by atoms with E-state index in [1.54, 1.807) is 19.2 Å². The van der Waals surface area contributed by atoms with Gasteiger partial charge in [0, 0.05) is 33.2 Å². The van der Waals surface area contributed by atoms with E-state index in [9.17, 15) is 9.50 Å². The van der Waals surface area contributed by atoms with E-state index in [1.807, 2.05) is 0 Å². The molecule has 3 rings (SSSR count). The van der Waals surface area contributed by atoms with Crippen LogP contribution in [-0.4, -0.2) is 67.2 Å². The summed E-state index contributed by atoms with van der Waals surface area (Å²) in [4.78, 5) is 9.21.